The number of fused-ring (bicyclic) bond motifs is 1. The van der Waals surface area contributed by atoms with E-state index in [0.717, 1.165) is 31.1 Å². The summed E-state index contributed by atoms with van der Waals surface area (Å²) in [6.07, 6.45) is 0.865. The Morgan fingerprint density at radius 1 is 1.11 bits per heavy atom. The standard InChI is InChI=1S/C14H9BrClNS/c15-10-3-1-9(2-4-10)7-14-17-12-6-5-11(16)8-13(12)18-14/h1-6,8H,7H2. The molecule has 90 valence electrons. The number of halogens is 2. The van der Waals surface area contributed by atoms with Gasteiger partial charge in [-0.2, -0.15) is 0 Å². The van der Waals surface area contributed by atoms with Gasteiger partial charge in [-0.05, 0) is 35.9 Å². The Morgan fingerprint density at radius 3 is 2.67 bits per heavy atom. The lowest BCUT2D eigenvalue weighted by molar-refractivity contribution is 1.15. The number of hydrogen-bond donors (Lipinski definition) is 0. The van der Waals surface area contributed by atoms with Gasteiger partial charge in [0.2, 0.25) is 0 Å². The van der Waals surface area contributed by atoms with Crippen molar-refractivity contribution in [3.8, 4) is 0 Å². The summed E-state index contributed by atoms with van der Waals surface area (Å²) in [5, 5.41) is 1.89. The van der Waals surface area contributed by atoms with E-state index in [1.807, 2.05) is 18.2 Å². The quantitative estimate of drug-likeness (QED) is 0.617. The zero-order valence-electron chi connectivity index (χ0n) is 9.36. The average Bonchev–Trinajstić information content (AvgIpc) is 2.73. The van der Waals surface area contributed by atoms with Gasteiger partial charge in [0, 0.05) is 15.9 Å². The van der Waals surface area contributed by atoms with Crippen LogP contribution < -0.4 is 0 Å². The van der Waals surface area contributed by atoms with E-state index in [9.17, 15) is 0 Å². The van der Waals surface area contributed by atoms with Gasteiger partial charge in [0.05, 0.1) is 15.2 Å². The second-order valence-electron chi connectivity index (χ2n) is 4.02. The zero-order valence-corrected chi connectivity index (χ0v) is 12.5. The van der Waals surface area contributed by atoms with E-state index in [0.29, 0.717) is 0 Å². The molecule has 4 heteroatoms. The number of rotatable bonds is 2. The summed E-state index contributed by atoms with van der Waals surface area (Å²) in [7, 11) is 0. The Labute approximate surface area is 123 Å². The number of hydrogen-bond acceptors (Lipinski definition) is 2. The van der Waals surface area contributed by atoms with Gasteiger partial charge < -0.3 is 0 Å². The Balaban J connectivity index is 1.92. The smallest absolute Gasteiger partial charge is 0.0982 e. The summed E-state index contributed by atoms with van der Waals surface area (Å²) in [5.74, 6) is 0. The van der Waals surface area contributed by atoms with Gasteiger partial charge in [0.15, 0.2) is 0 Å². The number of nitrogens with zero attached hydrogens (tertiary/aromatic N) is 1. The largest absolute Gasteiger partial charge is 0.241 e. The summed E-state index contributed by atoms with van der Waals surface area (Å²) < 4.78 is 2.25. The molecule has 0 atom stereocenters. The van der Waals surface area contributed by atoms with E-state index >= 15 is 0 Å². The van der Waals surface area contributed by atoms with Crippen molar-refractivity contribution in [3.63, 3.8) is 0 Å². The minimum Gasteiger partial charge on any atom is -0.241 e. The van der Waals surface area contributed by atoms with E-state index in [4.69, 9.17) is 11.6 Å². The van der Waals surface area contributed by atoms with Crippen molar-refractivity contribution in [1.29, 1.82) is 0 Å². The molecular weight excluding hydrogens is 330 g/mol. The van der Waals surface area contributed by atoms with Gasteiger partial charge >= 0.3 is 0 Å². The summed E-state index contributed by atoms with van der Waals surface area (Å²) in [6.45, 7) is 0. The maximum absolute atomic E-state index is 5.98. The molecule has 0 bridgehead atoms. The lowest BCUT2D eigenvalue weighted by atomic mass is 10.2. The third-order valence-electron chi connectivity index (χ3n) is 2.66. The van der Waals surface area contributed by atoms with Crippen LogP contribution >= 0.6 is 38.9 Å². The van der Waals surface area contributed by atoms with E-state index in [2.05, 4.69) is 45.2 Å². The number of benzene rings is 2. The predicted molar refractivity (Wildman–Crippen MR) is 81.6 cm³/mol. The molecule has 0 radical (unpaired) electrons. The highest BCUT2D eigenvalue weighted by Crippen LogP contribution is 2.26. The van der Waals surface area contributed by atoms with Crippen molar-refractivity contribution in [2.45, 2.75) is 6.42 Å². The van der Waals surface area contributed by atoms with Crippen LogP contribution in [-0.4, -0.2) is 4.98 Å². The molecule has 18 heavy (non-hydrogen) atoms. The van der Waals surface area contributed by atoms with Crippen molar-refractivity contribution in [3.05, 3.63) is 62.5 Å². The Morgan fingerprint density at radius 2 is 1.89 bits per heavy atom. The molecule has 0 spiro atoms. The molecule has 0 N–H and O–H groups in total. The first kappa shape index (κ1) is 12.2. The first-order valence-corrected chi connectivity index (χ1v) is 7.49. The number of aromatic nitrogens is 1. The Bertz CT molecular complexity index is 691. The van der Waals surface area contributed by atoms with Crippen LogP contribution in [0.25, 0.3) is 10.2 Å². The Kier molecular flexibility index (Phi) is 3.37. The van der Waals surface area contributed by atoms with E-state index in [-0.39, 0.29) is 0 Å². The van der Waals surface area contributed by atoms with Crippen LogP contribution in [0, 0.1) is 0 Å². The van der Waals surface area contributed by atoms with E-state index < -0.39 is 0 Å². The minimum absolute atomic E-state index is 0.765. The number of thiazole rings is 1. The monoisotopic (exact) mass is 337 g/mol. The van der Waals surface area contributed by atoms with Gasteiger partial charge in [0.25, 0.3) is 0 Å². The molecule has 0 aliphatic heterocycles. The topological polar surface area (TPSA) is 12.9 Å². The highest BCUT2D eigenvalue weighted by atomic mass is 79.9. The van der Waals surface area contributed by atoms with Crippen LogP contribution in [0.1, 0.15) is 10.6 Å². The van der Waals surface area contributed by atoms with Crippen LogP contribution in [0.2, 0.25) is 5.02 Å². The normalized spacial score (nSPS) is 11.0. The third-order valence-corrected chi connectivity index (χ3v) is 4.45. The van der Waals surface area contributed by atoms with Crippen molar-refractivity contribution < 1.29 is 0 Å². The molecule has 0 saturated carbocycles. The molecule has 0 aliphatic carbocycles. The summed E-state index contributed by atoms with van der Waals surface area (Å²) in [5.41, 5.74) is 2.29. The highest BCUT2D eigenvalue weighted by Gasteiger charge is 2.05. The molecule has 0 fully saturated rings. The molecule has 0 saturated heterocycles. The lowest BCUT2D eigenvalue weighted by Gasteiger charge is -1.97. The van der Waals surface area contributed by atoms with Gasteiger partial charge in [-0.1, -0.05) is 39.7 Å². The molecule has 1 aromatic heterocycles. The second-order valence-corrected chi connectivity index (χ2v) is 6.49. The fourth-order valence-electron chi connectivity index (χ4n) is 1.80. The van der Waals surface area contributed by atoms with E-state index in [1.54, 1.807) is 11.3 Å². The van der Waals surface area contributed by atoms with Gasteiger partial charge in [-0.3, -0.25) is 0 Å². The molecule has 1 nitrogen and oxygen atoms in total. The van der Waals surface area contributed by atoms with Crippen molar-refractivity contribution >= 4 is 49.1 Å². The SMILES string of the molecule is Clc1ccc2nc(Cc3ccc(Br)cc3)sc2c1. The molecule has 2 aromatic carbocycles. The molecule has 0 aliphatic rings. The molecule has 3 rings (SSSR count). The molecular formula is C14H9BrClNS. The van der Waals surface area contributed by atoms with Crippen LogP contribution in [0.5, 0.6) is 0 Å². The van der Waals surface area contributed by atoms with Crippen molar-refractivity contribution in [2.24, 2.45) is 0 Å². The maximum atomic E-state index is 5.98. The highest BCUT2D eigenvalue weighted by molar-refractivity contribution is 9.10. The summed E-state index contributed by atoms with van der Waals surface area (Å²) in [6, 6.07) is 14.2. The zero-order chi connectivity index (χ0) is 12.5. The summed E-state index contributed by atoms with van der Waals surface area (Å²) in [4.78, 5) is 4.62. The maximum Gasteiger partial charge on any atom is 0.0982 e. The van der Waals surface area contributed by atoms with Gasteiger partial charge in [-0.15, -0.1) is 11.3 Å². The van der Waals surface area contributed by atoms with Crippen molar-refractivity contribution in [2.75, 3.05) is 0 Å². The Hall–Kier alpha value is -0.900. The molecule has 3 aromatic rings. The van der Waals surface area contributed by atoms with Crippen LogP contribution in [-0.2, 0) is 6.42 Å². The first-order valence-electron chi connectivity index (χ1n) is 5.50. The van der Waals surface area contributed by atoms with E-state index in [1.165, 1.54) is 5.56 Å². The molecule has 0 amide bonds. The molecule has 1 heterocycles. The first-order chi connectivity index (χ1) is 8.70. The summed E-state index contributed by atoms with van der Waals surface area (Å²) >= 11 is 11.1. The van der Waals surface area contributed by atoms with Crippen LogP contribution in [0.4, 0.5) is 0 Å². The molecule has 0 unspecified atom stereocenters. The third kappa shape index (κ3) is 2.58. The minimum atomic E-state index is 0.765. The van der Waals surface area contributed by atoms with Gasteiger partial charge in [-0.25, -0.2) is 4.98 Å². The second kappa shape index (κ2) is 5.00. The fourth-order valence-corrected chi connectivity index (χ4v) is 3.34. The fraction of sp³-hybridized carbons (Fsp3) is 0.0714. The van der Waals surface area contributed by atoms with Gasteiger partial charge in [0.1, 0.15) is 0 Å². The van der Waals surface area contributed by atoms with Crippen LogP contribution in [0.3, 0.4) is 0 Å². The average molecular weight is 339 g/mol. The van der Waals surface area contributed by atoms with Crippen molar-refractivity contribution in [1.82, 2.24) is 4.98 Å². The predicted octanol–water partition coefficient (Wildman–Crippen LogP) is 5.30. The lowest BCUT2D eigenvalue weighted by Crippen LogP contribution is -1.85. The van der Waals surface area contributed by atoms with Crippen LogP contribution in [0.15, 0.2) is 46.9 Å².